The molecule has 7 heteroatoms. The Bertz CT molecular complexity index is 1070. The van der Waals surface area contributed by atoms with E-state index in [1.807, 2.05) is 49.1 Å². The Morgan fingerprint density at radius 3 is 2.70 bits per heavy atom. The quantitative estimate of drug-likeness (QED) is 0.708. The predicted octanol–water partition coefficient (Wildman–Crippen LogP) is 3.35. The number of fused-ring (bicyclic) bond motifs is 1. The summed E-state index contributed by atoms with van der Waals surface area (Å²) in [6, 6.07) is 12.3. The van der Waals surface area contributed by atoms with E-state index < -0.39 is 5.92 Å². The Balaban J connectivity index is 1.41. The van der Waals surface area contributed by atoms with Gasteiger partial charge in [0.1, 0.15) is 5.69 Å². The van der Waals surface area contributed by atoms with Crippen molar-refractivity contribution in [1.29, 1.82) is 5.26 Å². The molecular weight excluding hydrogens is 414 g/mol. The highest BCUT2D eigenvalue weighted by molar-refractivity contribution is 5.97. The lowest BCUT2D eigenvalue weighted by Crippen LogP contribution is -2.39. The van der Waals surface area contributed by atoms with Gasteiger partial charge in [-0.25, -0.2) is 0 Å². The van der Waals surface area contributed by atoms with Crippen molar-refractivity contribution in [3.05, 3.63) is 53.3 Å². The van der Waals surface area contributed by atoms with Crippen LogP contribution in [-0.4, -0.2) is 40.3 Å². The van der Waals surface area contributed by atoms with Crippen molar-refractivity contribution in [2.45, 2.75) is 64.1 Å². The maximum atomic E-state index is 12.5. The lowest BCUT2D eigenvalue weighted by Gasteiger charge is -2.26. The van der Waals surface area contributed by atoms with Crippen molar-refractivity contribution in [3.8, 4) is 17.2 Å². The number of hydrogen-bond donors (Lipinski definition) is 2. The molecule has 2 amide bonds. The molecule has 7 nitrogen and oxygen atoms in total. The van der Waals surface area contributed by atoms with Gasteiger partial charge in [0.05, 0.1) is 12.0 Å². The van der Waals surface area contributed by atoms with Crippen LogP contribution < -0.4 is 11.1 Å². The lowest BCUT2D eigenvalue weighted by atomic mass is 9.85. The monoisotopic (exact) mass is 445 g/mol. The predicted molar refractivity (Wildman–Crippen MR) is 126 cm³/mol. The van der Waals surface area contributed by atoms with Gasteiger partial charge in [0.2, 0.25) is 5.91 Å². The van der Waals surface area contributed by atoms with Crippen LogP contribution in [-0.2, 0) is 11.3 Å². The maximum Gasteiger partial charge on any atom is 0.273 e. The molecule has 0 spiro atoms. The molecule has 2 heterocycles. The van der Waals surface area contributed by atoms with Gasteiger partial charge in [0, 0.05) is 48.4 Å². The average molecular weight is 446 g/mol. The molecule has 0 saturated heterocycles. The zero-order chi connectivity index (χ0) is 23.5. The van der Waals surface area contributed by atoms with Crippen LogP contribution in [0.15, 0.2) is 36.5 Å². The second-order valence-electron chi connectivity index (χ2n) is 9.43. The number of pyridine rings is 1. The first-order valence-corrected chi connectivity index (χ1v) is 11.7. The summed E-state index contributed by atoms with van der Waals surface area (Å²) in [4.78, 5) is 31.2. The van der Waals surface area contributed by atoms with Crippen molar-refractivity contribution < 1.29 is 9.59 Å². The molecule has 2 aromatic rings. The van der Waals surface area contributed by atoms with Gasteiger partial charge < -0.3 is 16.0 Å². The number of benzene rings is 1. The van der Waals surface area contributed by atoms with E-state index in [0.29, 0.717) is 18.7 Å². The smallest absolute Gasteiger partial charge is 0.273 e. The highest BCUT2D eigenvalue weighted by atomic mass is 16.2. The van der Waals surface area contributed by atoms with Gasteiger partial charge in [-0.15, -0.1) is 0 Å². The summed E-state index contributed by atoms with van der Waals surface area (Å²) >= 11 is 0. The summed E-state index contributed by atoms with van der Waals surface area (Å²) in [5, 5.41) is 12.6. The van der Waals surface area contributed by atoms with Gasteiger partial charge >= 0.3 is 0 Å². The average Bonchev–Trinajstić information content (AvgIpc) is 3.16. The molecule has 3 atom stereocenters. The van der Waals surface area contributed by atoms with Crippen LogP contribution in [0.5, 0.6) is 0 Å². The van der Waals surface area contributed by atoms with E-state index in [1.54, 1.807) is 6.20 Å². The Morgan fingerprint density at radius 1 is 1.27 bits per heavy atom. The molecule has 2 aliphatic rings. The molecule has 33 heavy (non-hydrogen) atoms. The molecule has 0 bridgehead atoms. The van der Waals surface area contributed by atoms with Crippen molar-refractivity contribution in [2.75, 3.05) is 6.54 Å². The van der Waals surface area contributed by atoms with Gasteiger partial charge in [-0.05, 0) is 50.3 Å². The first-order valence-electron chi connectivity index (χ1n) is 11.7. The summed E-state index contributed by atoms with van der Waals surface area (Å²) in [6.45, 7) is 4.87. The fourth-order valence-electron chi connectivity index (χ4n) is 4.75. The number of nitrogens with two attached hydrogens (primary N) is 1. The number of amides is 2. The molecule has 0 radical (unpaired) electrons. The Kier molecular flexibility index (Phi) is 6.75. The van der Waals surface area contributed by atoms with E-state index in [9.17, 15) is 14.9 Å². The minimum absolute atomic E-state index is 0.00350. The van der Waals surface area contributed by atoms with E-state index in [-0.39, 0.29) is 36.4 Å². The molecule has 1 fully saturated rings. The first-order chi connectivity index (χ1) is 15.9. The molecule has 3 N–H and O–H groups in total. The van der Waals surface area contributed by atoms with Gasteiger partial charge in [-0.3, -0.25) is 14.6 Å². The molecule has 1 aromatic heterocycles. The third-order valence-corrected chi connectivity index (χ3v) is 6.76. The summed E-state index contributed by atoms with van der Waals surface area (Å²) in [5.74, 6) is -0.496. The molecule has 1 aliphatic carbocycles. The molecule has 4 rings (SSSR count). The van der Waals surface area contributed by atoms with Gasteiger partial charge in [-0.1, -0.05) is 30.7 Å². The molecule has 172 valence electrons. The van der Waals surface area contributed by atoms with Crippen molar-refractivity contribution >= 4 is 11.8 Å². The standard InChI is InChI=1S/C26H31N5O2/c1-16(2)31-15-21-10-20(13-29-24(21)26(31)33)17-6-8-18(9-7-17)22(12-27)14-30-25(32)19-4-3-5-23(28)11-19/h6-10,13,16,19,22-23H,3-5,11,14-15,28H2,1-2H3,(H,30,32). The fraction of sp³-hybridized carbons (Fsp3) is 0.462. The highest BCUT2D eigenvalue weighted by Crippen LogP contribution is 2.29. The normalized spacial score (nSPS) is 20.9. The minimum atomic E-state index is -0.421. The minimum Gasteiger partial charge on any atom is -0.354 e. The van der Waals surface area contributed by atoms with Crippen molar-refractivity contribution in [3.63, 3.8) is 0 Å². The van der Waals surface area contributed by atoms with Crippen LogP contribution in [0.25, 0.3) is 11.1 Å². The molecule has 1 aromatic carbocycles. The van der Waals surface area contributed by atoms with Gasteiger partial charge in [-0.2, -0.15) is 5.26 Å². The summed E-state index contributed by atoms with van der Waals surface area (Å²) < 4.78 is 0. The third-order valence-electron chi connectivity index (χ3n) is 6.76. The van der Waals surface area contributed by atoms with E-state index in [2.05, 4.69) is 16.4 Å². The summed E-state index contributed by atoms with van der Waals surface area (Å²) in [6.07, 6.45) is 5.26. The first kappa shape index (κ1) is 22.9. The highest BCUT2D eigenvalue weighted by Gasteiger charge is 2.30. The molecule has 1 aliphatic heterocycles. The van der Waals surface area contributed by atoms with Crippen LogP contribution in [0.3, 0.4) is 0 Å². The van der Waals surface area contributed by atoms with Crippen molar-refractivity contribution in [1.82, 2.24) is 15.2 Å². The number of nitrogens with one attached hydrogen (secondary N) is 1. The number of carbonyl (C=O) groups excluding carboxylic acids is 2. The number of carbonyl (C=O) groups is 2. The number of nitrogens with zero attached hydrogens (tertiary/aromatic N) is 3. The number of rotatable bonds is 6. The van der Waals surface area contributed by atoms with Crippen molar-refractivity contribution in [2.24, 2.45) is 11.7 Å². The third kappa shape index (κ3) is 4.91. The zero-order valence-electron chi connectivity index (χ0n) is 19.3. The number of hydrogen-bond acceptors (Lipinski definition) is 5. The number of aromatic nitrogens is 1. The largest absolute Gasteiger partial charge is 0.354 e. The Labute approximate surface area is 195 Å². The van der Waals surface area contributed by atoms with Gasteiger partial charge in [0.15, 0.2) is 0 Å². The van der Waals surface area contributed by atoms with Crippen LogP contribution in [0, 0.1) is 17.2 Å². The van der Waals surface area contributed by atoms with E-state index in [4.69, 9.17) is 5.73 Å². The SMILES string of the molecule is CC(C)N1Cc2cc(-c3ccc(C(C#N)CNC(=O)C4CCCC(N)C4)cc3)cnc2C1=O. The van der Waals surface area contributed by atoms with Crippen LogP contribution in [0.4, 0.5) is 0 Å². The maximum absolute atomic E-state index is 12.5. The lowest BCUT2D eigenvalue weighted by molar-refractivity contribution is -0.126. The van der Waals surface area contributed by atoms with Crippen LogP contribution in [0.2, 0.25) is 0 Å². The summed E-state index contributed by atoms with van der Waals surface area (Å²) in [7, 11) is 0. The van der Waals surface area contributed by atoms with Gasteiger partial charge in [0.25, 0.3) is 5.91 Å². The second-order valence-corrected chi connectivity index (χ2v) is 9.43. The second kappa shape index (κ2) is 9.72. The Morgan fingerprint density at radius 2 is 2.03 bits per heavy atom. The summed E-state index contributed by atoms with van der Waals surface area (Å²) in [5.41, 5.74) is 10.2. The molecule has 3 unspecified atom stereocenters. The molecule has 1 saturated carbocycles. The van der Waals surface area contributed by atoms with E-state index in [0.717, 1.165) is 41.5 Å². The topological polar surface area (TPSA) is 112 Å². The van der Waals surface area contributed by atoms with Crippen LogP contribution >= 0.6 is 0 Å². The van der Waals surface area contributed by atoms with Crippen LogP contribution in [0.1, 0.15) is 67.1 Å². The Hall–Kier alpha value is -3.24. The van der Waals surface area contributed by atoms with E-state index in [1.165, 1.54) is 0 Å². The molecular formula is C26H31N5O2. The number of nitriles is 1. The fourth-order valence-corrected chi connectivity index (χ4v) is 4.75. The zero-order valence-corrected chi connectivity index (χ0v) is 19.3. The van der Waals surface area contributed by atoms with E-state index >= 15 is 0 Å².